The minimum atomic E-state index is -1.08. The van der Waals surface area contributed by atoms with E-state index in [0.29, 0.717) is 0 Å². The van der Waals surface area contributed by atoms with Crippen LogP contribution < -0.4 is 40.9 Å². The number of aliphatic carboxylic acids is 8. The predicted octanol–water partition coefficient (Wildman–Crippen LogP) is -9.96. The summed E-state index contributed by atoms with van der Waals surface area (Å²) in [5.74, 6) is -8.67. The molecule has 0 fully saturated rings. The summed E-state index contributed by atoms with van der Waals surface area (Å²) in [6.07, 6.45) is 0. The average molecular weight is 568 g/mol. The minimum absolute atomic E-state index is 0. The van der Waals surface area contributed by atoms with Gasteiger partial charge < -0.3 is 79.2 Å². The summed E-state index contributed by atoms with van der Waals surface area (Å²) in [6.45, 7) is 7.78. The Labute approximate surface area is 225 Å². The van der Waals surface area contributed by atoms with E-state index in [-0.39, 0.29) is 43.4 Å². The van der Waals surface area contributed by atoms with Gasteiger partial charge in [0.05, 0.1) is 0 Å². The third kappa shape index (κ3) is 2930. The molecule has 0 bridgehead atoms. The van der Waals surface area contributed by atoms with Crippen molar-refractivity contribution in [3.8, 4) is 0 Å². The van der Waals surface area contributed by atoms with E-state index in [1.54, 1.807) is 0 Å². The minimum Gasteiger partial charge on any atom is -0.550 e. The third-order valence-electron chi connectivity index (χ3n) is 0. The Hall–Kier alpha value is -2.81. The normalized spacial score (nSPS) is 5.88. The van der Waals surface area contributed by atoms with Gasteiger partial charge in [-0.1, -0.05) is 0 Å². The van der Waals surface area contributed by atoms with Gasteiger partial charge in [0.15, 0.2) is 0 Å². The fourth-order valence-electron chi connectivity index (χ4n) is 0. The van der Waals surface area contributed by atoms with Crippen molar-refractivity contribution in [2.24, 2.45) is 0 Å². The second-order valence-electron chi connectivity index (χ2n) is 3.93. The fraction of sp³-hybridized carbons (Fsp3) is 0.500. The van der Waals surface area contributed by atoms with Gasteiger partial charge in [-0.15, -0.1) is 0 Å². The van der Waals surface area contributed by atoms with Crippen LogP contribution in [0.3, 0.4) is 0 Å². The molecule has 0 aliphatic heterocycles. The first-order chi connectivity index (χ1) is 13.9. The van der Waals surface area contributed by atoms with Gasteiger partial charge in [-0.2, -0.15) is 0 Å². The topological polar surface area (TPSA) is 321 Å². The SMILES string of the molecule is CC(=O)[O-].CC(=O)[O-].CC(=O)[O-].CC(=O)[O-].CC(=O)[O-].CC(=O)[O-].CC(=O)[O-].CC(=O)[O-].[Ti+4].[Ti+4]. The Balaban J connectivity index is -0.0000000240. The van der Waals surface area contributed by atoms with Gasteiger partial charge in [-0.05, 0) is 55.4 Å². The van der Waals surface area contributed by atoms with Gasteiger partial charge in [0.25, 0.3) is 0 Å². The second kappa shape index (κ2) is 57.3. The second-order valence-corrected chi connectivity index (χ2v) is 3.93. The van der Waals surface area contributed by atoms with Crippen molar-refractivity contribution in [2.75, 3.05) is 0 Å². The molecule has 34 heavy (non-hydrogen) atoms. The molecule has 0 atom stereocenters. The van der Waals surface area contributed by atoms with Crippen LogP contribution in [0.15, 0.2) is 0 Å². The largest absolute Gasteiger partial charge is 4.00 e. The van der Waals surface area contributed by atoms with Crippen molar-refractivity contribution in [1.29, 1.82) is 0 Å². The summed E-state index contributed by atoms with van der Waals surface area (Å²) in [4.78, 5) is 71.1. The maximum atomic E-state index is 8.89. The van der Waals surface area contributed by atoms with Crippen LogP contribution in [-0.2, 0) is 81.8 Å². The Bertz CT molecular complexity index is 371. The van der Waals surface area contributed by atoms with E-state index >= 15 is 0 Å². The van der Waals surface area contributed by atoms with Crippen LogP contribution in [0.2, 0.25) is 0 Å². The zero-order valence-electron chi connectivity index (χ0n) is 19.5. The quantitative estimate of drug-likeness (QED) is 0.245. The van der Waals surface area contributed by atoms with Crippen molar-refractivity contribution in [1.82, 2.24) is 0 Å². The van der Waals surface area contributed by atoms with Gasteiger partial charge in [0.1, 0.15) is 0 Å². The van der Waals surface area contributed by atoms with Crippen molar-refractivity contribution in [3.05, 3.63) is 0 Å². The average Bonchev–Trinajstić information content (AvgIpc) is 2.30. The molecule has 16 nitrogen and oxygen atoms in total. The summed E-state index contributed by atoms with van der Waals surface area (Å²) < 4.78 is 0. The molecular formula is C16H24O16Ti2. The van der Waals surface area contributed by atoms with Gasteiger partial charge in [-0.25, -0.2) is 0 Å². The van der Waals surface area contributed by atoms with Gasteiger partial charge in [0, 0.05) is 47.8 Å². The molecule has 0 radical (unpaired) electrons. The molecule has 0 aromatic carbocycles. The number of carbonyl (C=O) groups is 8. The molecule has 0 aliphatic carbocycles. The molecule has 0 aliphatic rings. The smallest absolute Gasteiger partial charge is 0.550 e. The van der Waals surface area contributed by atoms with Crippen molar-refractivity contribution < 1.29 is 123 Å². The predicted molar refractivity (Wildman–Crippen MR) is 85.4 cm³/mol. The molecule has 0 heterocycles. The number of hydrogen-bond acceptors (Lipinski definition) is 16. The number of carbonyl (C=O) groups excluding carboxylic acids is 8. The molecule has 0 rings (SSSR count). The molecule has 192 valence electrons. The number of carboxylic acids is 8. The van der Waals surface area contributed by atoms with Gasteiger partial charge in [-0.3, -0.25) is 0 Å². The first-order valence-electron chi connectivity index (χ1n) is 7.27. The van der Waals surface area contributed by atoms with E-state index in [0.717, 1.165) is 55.4 Å². The Morgan fingerprint density at radius 2 is 0.265 bits per heavy atom. The molecule has 0 saturated heterocycles. The van der Waals surface area contributed by atoms with Crippen molar-refractivity contribution in [3.63, 3.8) is 0 Å². The number of carboxylic acid groups (broad SMARTS) is 8. The standard InChI is InChI=1S/8C2H4O2.2Ti/c8*1-2(3)4;;/h8*1H3,(H,3,4);;/q;;;;;;;;2*+4/p-8. The fourth-order valence-corrected chi connectivity index (χ4v) is 0. The van der Waals surface area contributed by atoms with Crippen molar-refractivity contribution >= 4 is 47.8 Å². The van der Waals surface area contributed by atoms with Crippen LogP contribution >= 0.6 is 0 Å². The summed E-state index contributed by atoms with van der Waals surface area (Å²) in [5.41, 5.74) is 0. The summed E-state index contributed by atoms with van der Waals surface area (Å²) in [5, 5.41) is 71.1. The van der Waals surface area contributed by atoms with E-state index in [1.807, 2.05) is 0 Å². The Kier molecular flexibility index (Phi) is 107. The molecule has 0 N–H and O–H groups in total. The zero-order valence-corrected chi connectivity index (χ0v) is 22.7. The molecule has 0 spiro atoms. The molecule has 18 heteroatoms. The number of rotatable bonds is 0. The van der Waals surface area contributed by atoms with Crippen LogP contribution in [0.25, 0.3) is 0 Å². The van der Waals surface area contributed by atoms with Crippen LogP contribution in [0.4, 0.5) is 0 Å². The first kappa shape index (κ1) is 63.3. The summed E-state index contributed by atoms with van der Waals surface area (Å²) in [7, 11) is 0. The monoisotopic (exact) mass is 568 g/mol. The van der Waals surface area contributed by atoms with E-state index < -0.39 is 47.8 Å². The first-order valence-corrected chi connectivity index (χ1v) is 7.27. The molecular weight excluding hydrogens is 544 g/mol. The van der Waals surface area contributed by atoms with E-state index in [2.05, 4.69) is 0 Å². The molecule has 0 unspecified atom stereocenters. The van der Waals surface area contributed by atoms with Crippen LogP contribution in [0.5, 0.6) is 0 Å². The maximum absolute atomic E-state index is 8.89. The van der Waals surface area contributed by atoms with Gasteiger partial charge in [0.2, 0.25) is 0 Å². The van der Waals surface area contributed by atoms with Crippen molar-refractivity contribution in [2.45, 2.75) is 55.4 Å². The summed E-state index contributed by atoms with van der Waals surface area (Å²) >= 11 is 0. The van der Waals surface area contributed by atoms with E-state index in [4.69, 9.17) is 79.2 Å². The van der Waals surface area contributed by atoms with Crippen LogP contribution in [0, 0.1) is 0 Å². The van der Waals surface area contributed by atoms with Crippen LogP contribution in [-0.4, -0.2) is 47.8 Å². The third-order valence-corrected chi connectivity index (χ3v) is 0. The molecule has 0 amide bonds. The number of hydrogen-bond donors (Lipinski definition) is 0. The Morgan fingerprint density at radius 3 is 0.265 bits per heavy atom. The molecule has 0 saturated carbocycles. The van der Waals surface area contributed by atoms with E-state index in [9.17, 15) is 0 Å². The molecule has 0 aromatic heterocycles. The maximum Gasteiger partial charge on any atom is 4.00 e. The summed E-state index contributed by atoms with van der Waals surface area (Å²) in [6, 6.07) is 0. The Morgan fingerprint density at radius 1 is 0.265 bits per heavy atom. The van der Waals surface area contributed by atoms with E-state index in [1.165, 1.54) is 0 Å². The molecule has 0 aromatic rings. The van der Waals surface area contributed by atoms with Crippen LogP contribution in [0.1, 0.15) is 55.4 Å². The van der Waals surface area contributed by atoms with Gasteiger partial charge >= 0.3 is 43.4 Å². The zero-order chi connectivity index (χ0) is 28.6.